The van der Waals surface area contributed by atoms with Crippen molar-refractivity contribution in [3.8, 4) is 0 Å². The van der Waals surface area contributed by atoms with E-state index in [1.165, 1.54) is 11.1 Å². The predicted octanol–water partition coefficient (Wildman–Crippen LogP) is 4.10. The number of hydrogen-bond acceptors (Lipinski definition) is 2. The molecule has 0 bridgehead atoms. The van der Waals surface area contributed by atoms with E-state index in [2.05, 4.69) is 48.3 Å². The summed E-state index contributed by atoms with van der Waals surface area (Å²) in [5, 5.41) is 1.16. The number of aromatic amines is 1. The van der Waals surface area contributed by atoms with Crippen molar-refractivity contribution >= 4 is 22.7 Å². The third-order valence-electron chi connectivity index (χ3n) is 7.45. The molecular weight excluding hydrogens is 386 g/mol. The van der Waals surface area contributed by atoms with Gasteiger partial charge in [-0.3, -0.25) is 9.59 Å². The number of H-pyrrole nitrogens is 1. The summed E-state index contributed by atoms with van der Waals surface area (Å²) in [6.45, 7) is 2.27. The standard InChI is InChI=1S/C26H27N3O2/c1-16-10-12-17(13-11-16)25-24-20(19-8-4-5-9-21(19)27-24)14-22-26(31)28(15-23(30)29(22)25)18-6-2-3-7-18/h4-5,8-13,18,22,25,27H,2-3,6-7,14-15H2,1H3. The first-order valence-electron chi connectivity index (χ1n) is 11.4. The van der Waals surface area contributed by atoms with Crippen molar-refractivity contribution in [3.63, 3.8) is 0 Å². The molecule has 3 heterocycles. The fourth-order valence-electron chi connectivity index (χ4n) is 5.91. The quantitative estimate of drug-likeness (QED) is 0.688. The van der Waals surface area contributed by atoms with Crippen LogP contribution < -0.4 is 0 Å². The molecule has 3 aromatic rings. The maximum atomic E-state index is 13.7. The Bertz CT molecular complexity index is 1170. The van der Waals surface area contributed by atoms with Crippen molar-refractivity contribution in [3.05, 3.63) is 70.9 Å². The van der Waals surface area contributed by atoms with Crippen molar-refractivity contribution in [2.24, 2.45) is 0 Å². The Labute approximate surface area is 182 Å². The molecule has 1 aliphatic carbocycles. The molecule has 6 rings (SSSR count). The fraction of sp³-hybridized carbons (Fsp3) is 0.385. The van der Waals surface area contributed by atoms with Crippen molar-refractivity contribution in [1.82, 2.24) is 14.8 Å². The van der Waals surface area contributed by atoms with Crippen LogP contribution in [0.4, 0.5) is 0 Å². The largest absolute Gasteiger partial charge is 0.356 e. The van der Waals surface area contributed by atoms with Crippen LogP contribution in [0.2, 0.25) is 0 Å². The molecule has 158 valence electrons. The van der Waals surface area contributed by atoms with Crippen LogP contribution in [0.15, 0.2) is 48.5 Å². The second-order valence-corrected chi connectivity index (χ2v) is 9.30. The lowest BCUT2D eigenvalue weighted by molar-refractivity contribution is -0.160. The molecule has 1 saturated carbocycles. The number of rotatable bonds is 2. The van der Waals surface area contributed by atoms with E-state index >= 15 is 0 Å². The topological polar surface area (TPSA) is 56.4 Å². The summed E-state index contributed by atoms with van der Waals surface area (Å²) in [7, 11) is 0. The molecular formula is C26H27N3O2. The minimum Gasteiger partial charge on any atom is -0.356 e. The van der Waals surface area contributed by atoms with E-state index < -0.39 is 6.04 Å². The summed E-state index contributed by atoms with van der Waals surface area (Å²) in [4.78, 5) is 34.6. The van der Waals surface area contributed by atoms with E-state index in [4.69, 9.17) is 0 Å². The number of carbonyl (C=O) groups excluding carboxylic acids is 2. The van der Waals surface area contributed by atoms with E-state index in [1.54, 1.807) is 0 Å². The van der Waals surface area contributed by atoms with E-state index in [0.717, 1.165) is 47.8 Å². The van der Waals surface area contributed by atoms with Gasteiger partial charge in [-0.2, -0.15) is 0 Å². The molecule has 3 aliphatic rings. The van der Waals surface area contributed by atoms with Crippen LogP contribution in [0.1, 0.15) is 54.1 Å². The number of aromatic nitrogens is 1. The van der Waals surface area contributed by atoms with E-state index in [9.17, 15) is 9.59 Å². The van der Waals surface area contributed by atoms with Gasteiger partial charge in [-0.25, -0.2) is 0 Å². The zero-order chi connectivity index (χ0) is 21.1. The highest BCUT2D eigenvalue weighted by Gasteiger charge is 2.49. The van der Waals surface area contributed by atoms with Gasteiger partial charge in [0.2, 0.25) is 11.8 Å². The average molecular weight is 414 g/mol. The summed E-state index contributed by atoms with van der Waals surface area (Å²) < 4.78 is 0. The first kappa shape index (κ1) is 18.7. The number of fused-ring (bicyclic) bond motifs is 4. The molecule has 2 atom stereocenters. The van der Waals surface area contributed by atoms with Gasteiger partial charge in [-0.1, -0.05) is 60.9 Å². The maximum Gasteiger partial charge on any atom is 0.246 e. The van der Waals surface area contributed by atoms with Crippen LogP contribution in [0.3, 0.4) is 0 Å². The molecule has 2 fully saturated rings. The van der Waals surface area contributed by atoms with Crippen molar-refractivity contribution in [1.29, 1.82) is 0 Å². The highest BCUT2D eigenvalue weighted by molar-refractivity contribution is 5.97. The Morgan fingerprint density at radius 2 is 1.71 bits per heavy atom. The van der Waals surface area contributed by atoms with Crippen LogP contribution in [0.5, 0.6) is 0 Å². The Kier molecular flexibility index (Phi) is 4.20. The molecule has 2 amide bonds. The van der Waals surface area contributed by atoms with Gasteiger partial charge in [-0.05, 0) is 37.0 Å². The number of nitrogens with zero attached hydrogens (tertiary/aromatic N) is 2. The number of hydrogen-bond donors (Lipinski definition) is 1. The number of nitrogens with one attached hydrogen (secondary N) is 1. The summed E-state index contributed by atoms with van der Waals surface area (Å²) in [6, 6.07) is 16.2. The van der Waals surface area contributed by atoms with Crippen molar-refractivity contribution in [2.75, 3.05) is 6.54 Å². The lowest BCUT2D eigenvalue weighted by Gasteiger charge is -2.48. The Morgan fingerprint density at radius 1 is 0.968 bits per heavy atom. The normalized spacial score (nSPS) is 24.0. The Balaban J connectivity index is 1.51. The number of piperazine rings is 1. The Hall–Kier alpha value is -3.08. The SMILES string of the molecule is Cc1ccc(C2c3[nH]c4ccccc4c3CC3C(=O)N(C4CCCC4)CC(=O)N32)cc1. The molecule has 0 spiro atoms. The summed E-state index contributed by atoms with van der Waals surface area (Å²) in [5.74, 6) is 0.186. The van der Waals surface area contributed by atoms with Crippen molar-refractivity contribution in [2.45, 2.75) is 57.2 Å². The number of benzene rings is 2. The molecule has 2 aromatic carbocycles. The number of para-hydroxylation sites is 1. The molecule has 2 unspecified atom stereocenters. The van der Waals surface area contributed by atoms with E-state index in [1.807, 2.05) is 21.9 Å². The number of amides is 2. The second kappa shape index (κ2) is 6.98. The van der Waals surface area contributed by atoms with Gasteiger partial charge in [0.05, 0.1) is 6.04 Å². The van der Waals surface area contributed by atoms with E-state index in [-0.39, 0.29) is 30.4 Å². The minimum absolute atomic E-state index is 0.0615. The van der Waals surface area contributed by atoms with Crippen LogP contribution in [0, 0.1) is 6.92 Å². The third kappa shape index (κ3) is 2.83. The average Bonchev–Trinajstić information content (AvgIpc) is 3.44. The molecule has 5 nitrogen and oxygen atoms in total. The first-order chi connectivity index (χ1) is 15.1. The summed E-state index contributed by atoms with van der Waals surface area (Å²) in [5.41, 5.74) is 5.53. The molecule has 1 aromatic heterocycles. The minimum atomic E-state index is -0.431. The van der Waals surface area contributed by atoms with Gasteiger partial charge in [0, 0.05) is 29.1 Å². The highest BCUT2D eigenvalue weighted by atomic mass is 16.2. The summed E-state index contributed by atoms with van der Waals surface area (Å²) in [6.07, 6.45) is 4.91. The maximum absolute atomic E-state index is 13.7. The fourth-order valence-corrected chi connectivity index (χ4v) is 5.91. The molecule has 1 saturated heterocycles. The monoisotopic (exact) mass is 413 g/mol. The van der Waals surface area contributed by atoms with Crippen LogP contribution in [-0.4, -0.2) is 45.2 Å². The molecule has 5 heteroatoms. The number of aryl methyl sites for hydroxylation is 1. The van der Waals surface area contributed by atoms with Gasteiger partial charge in [-0.15, -0.1) is 0 Å². The van der Waals surface area contributed by atoms with Crippen LogP contribution in [-0.2, 0) is 16.0 Å². The molecule has 0 radical (unpaired) electrons. The first-order valence-corrected chi connectivity index (χ1v) is 11.4. The second-order valence-electron chi connectivity index (χ2n) is 9.30. The smallest absolute Gasteiger partial charge is 0.246 e. The lowest BCUT2D eigenvalue weighted by atomic mass is 9.85. The van der Waals surface area contributed by atoms with Gasteiger partial charge < -0.3 is 14.8 Å². The molecule has 31 heavy (non-hydrogen) atoms. The van der Waals surface area contributed by atoms with Crippen molar-refractivity contribution < 1.29 is 9.59 Å². The Morgan fingerprint density at radius 3 is 2.48 bits per heavy atom. The van der Waals surface area contributed by atoms with Gasteiger partial charge in [0.1, 0.15) is 12.6 Å². The number of carbonyl (C=O) groups is 2. The van der Waals surface area contributed by atoms with Gasteiger partial charge in [0.25, 0.3) is 0 Å². The van der Waals surface area contributed by atoms with E-state index in [0.29, 0.717) is 6.42 Å². The van der Waals surface area contributed by atoms with Crippen LogP contribution in [0.25, 0.3) is 10.9 Å². The third-order valence-corrected chi connectivity index (χ3v) is 7.45. The zero-order valence-corrected chi connectivity index (χ0v) is 17.8. The highest BCUT2D eigenvalue weighted by Crippen LogP contribution is 2.43. The zero-order valence-electron chi connectivity index (χ0n) is 17.8. The van der Waals surface area contributed by atoms with Gasteiger partial charge in [0.15, 0.2) is 0 Å². The molecule has 1 N–H and O–H groups in total. The lowest BCUT2D eigenvalue weighted by Crippen LogP contribution is -2.64. The van der Waals surface area contributed by atoms with Crippen LogP contribution >= 0.6 is 0 Å². The predicted molar refractivity (Wildman–Crippen MR) is 120 cm³/mol. The van der Waals surface area contributed by atoms with Gasteiger partial charge >= 0.3 is 0 Å². The molecule has 2 aliphatic heterocycles. The summed E-state index contributed by atoms with van der Waals surface area (Å²) >= 11 is 0.